The van der Waals surface area contributed by atoms with Gasteiger partial charge >= 0.3 is 0 Å². The summed E-state index contributed by atoms with van der Waals surface area (Å²) in [6.45, 7) is 3.87. The van der Waals surface area contributed by atoms with E-state index in [-0.39, 0.29) is 11.2 Å². The molecule has 0 fully saturated rings. The molecule has 1 amide bonds. The third-order valence-electron chi connectivity index (χ3n) is 2.90. The maximum Gasteiger partial charge on any atom is 0.237 e. The number of nitrogens with one attached hydrogen (secondary N) is 1. The summed E-state index contributed by atoms with van der Waals surface area (Å²) in [5.41, 5.74) is 1.92. The highest BCUT2D eigenvalue weighted by atomic mass is 35.5. The van der Waals surface area contributed by atoms with Gasteiger partial charge in [-0.1, -0.05) is 29.8 Å². The van der Waals surface area contributed by atoms with Crippen molar-refractivity contribution in [2.75, 3.05) is 5.32 Å². The van der Waals surface area contributed by atoms with Crippen LogP contribution in [0.3, 0.4) is 0 Å². The van der Waals surface area contributed by atoms with E-state index in [1.54, 1.807) is 0 Å². The number of halogens is 1. The molecule has 0 spiro atoms. The molecule has 0 unspecified atom stereocenters. The van der Waals surface area contributed by atoms with Crippen LogP contribution in [0.1, 0.15) is 12.5 Å². The number of carbonyl (C=O) groups excluding carboxylic acids is 1. The van der Waals surface area contributed by atoms with Gasteiger partial charge in [0.2, 0.25) is 5.91 Å². The number of aryl methyl sites for hydroxylation is 1. The number of carbonyl (C=O) groups is 1. The van der Waals surface area contributed by atoms with Crippen LogP contribution in [0.15, 0.2) is 53.4 Å². The average molecular weight is 306 g/mol. The Kier molecular flexibility index (Phi) is 5.10. The van der Waals surface area contributed by atoms with Crippen LogP contribution < -0.4 is 5.32 Å². The molecule has 0 aliphatic rings. The molecule has 1 atom stereocenters. The second kappa shape index (κ2) is 6.82. The van der Waals surface area contributed by atoms with Crippen molar-refractivity contribution >= 4 is 35.0 Å². The van der Waals surface area contributed by atoms with E-state index in [0.29, 0.717) is 5.02 Å². The second-order valence-electron chi connectivity index (χ2n) is 4.52. The highest BCUT2D eigenvalue weighted by Crippen LogP contribution is 2.25. The normalized spacial score (nSPS) is 11.9. The van der Waals surface area contributed by atoms with E-state index < -0.39 is 0 Å². The monoisotopic (exact) mass is 305 g/mol. The molecule has 0 aromatic heterocycles. The lowest BCUT2D eigenvalue weighted by Crippen LogP contribution is -2.22. The number of amides is 1. The summed E-state index contributed by atoms with van der Waals surface area (Å²) < 4.78 is 0. The molecule has 2 nitrogen and oxygen atoms in total. The summed E-state index contributed by atoms with van der Waals surface area (Å²) in [5, 5.41) is 3.49. The minimum Gasteiger partial charge on any atom is -0.325 e. The third-order valence-corrected chi connectivity index (χ3v) is 4.26. The third kappa shape index (κ3) is 4.02. The van der Waals surface area contributed by atoms with Crippen molar-refractivity contribution in [1.29, 1.82) is 0 Å². The number of anilines is 1. The number of thioether (sulfide) groups is 1. The Morgan fingerprint density at radius 3 is 2.45 bits per heavy atom. The number of hydrogen-bond acceptors (Lipinski definition) is 2. The molecule has 1 N–H and O–H groups in total. The van der Waals surface area contributed by atoms with Crippen LogP contribution in [0.25, 0.3) is 0 Å². The maximum atomic E-state index is 12.2. The molecule has 104 valence electrons. The Hall–Kier alpha value is -1.45. The lowest BCUT2D eigenvalue weighted by molar-refractivity contribution is -0.115. The fourth-order valence-electron chi connectivity index (χ4n) is 1.72. The van der Waals surface area contributed by atoms with Crippen LogP contribution in [0, 0.1) is 6.92 Å². The van der Waals surface area contributed by atoms with E-state index >= 15 is 0 Å². The summed E-state index contributed by atoms with van der Waals surface area (Å²) >= 11 is 7.36. The smallest absolute Gasteiger partial charge is 0.237 e. The van der Waals surface area contributed by atoms with Gasteiger partial charge < -0.3 is 5.32 Å². The van der Waals surface area contributed by atoms with Gasteiger partial charge in [0.25, 0.3) is 0 Å². The van der Waals surface area contributed by atoms with Crippen molar-refractivity contribution in [2.45, 2.75) is 24.0 Å². The van der Waals surface area contributed by atoms with Crippen LogP contribution in [0.5, 0.6) is 0 Å². The molecule has 2 rings (SSSR count). The molecule has 2 aromatic carbocycles. The predicted molar refractivity (Wildman–Crippen MR) is 86.6 cm³/mol. The molecule has 0 heterocycles. The average Bonchev–Trinajstić information content (AvgIpc) is 2.44. The van der Waals surface area contributed by atoms with Crippen molar-refractivity contribution in [3.8, 4) is 0 Å². The molecule has 0 saturated carbocycles. The summed E-state index contributed by atoms with van der Waals surface area (Å²) in [6, 6.07) is 15.3. The Morgan fingerprint density at radius 2 is 1.80 bits per heavy atom. The van der Waals surface area contributed by atoms with Crippen LogP contribution in [0.4, 0.5) is 5.69 Å². The Balaban J connectivity index is 1.99. The van der Waals surface area contributed by atoms with E-state index in [2.05, 4.69) is 5.32 Å². The zero-order chi connectivity index (χ0) is 14.5. The Labute approximate surface area is 128 Å². The predicted octanol–water partition coefficient (Wildman–Crippen LogP) is 4.77. The van der Waals surface area contributed by atoms with Gasteiger partial charge in [0.05, 0.1) is 5.25 Å². The minimum absolute atomic E-state index is 0.000694. The quantitative estimate of drug-likeness (QED) is 0.825. The molecular weight excluding hydrogens is 290 g/mol. The SMILES string of the molecule is Cc1ccccc1NC(=O)[C@H](C)Sc1ccc(Cl)cc1. The lowest BCUT2D eigenvalue weighted by Gasteiger charge is -2.13. The molecule has 20 heavy (non-hydrogen) atoms. The first kappa shape index (κ1) is 14.9. The van der Waals surface area contributed by atoms with Crippen LogP contribution in [-0.2, 0) is 4.79 Å². The van der Waals surface area contributed by atoms with E-state index in [4.69, 9.17) is 11.6 Å². The summed E-state index contributed by atoms with van der Waals surface area (Å²) in [6.07, 6.45) is 0. The van der Waals surface area contributed by atoms with Crippen LogP contribution in [0.2, 0.25) is 5.02 Å². The topological polar surface area (TPSA) is 29.1 Å². The van der Waals surface area contributed by atoms with Crippen LogP contribution in [-0.4, -0.2) is 11.2 Å². The first-order valence-corrected chi connectivity index (χ1v) is 7.61. The van der Waals surface area contributed by atoms with Gasteiger partial charge in [-0.05, 0) is 49.7 Å². The van der Waals surface area contributed by atoms with Gasteiger partial charge in [-0.15, -0.1) is 11.8 Å². The number of rotatable bonds is 4. The van der Waals surface area contributed by atoms with Crippen molar-refractivity contribution in [3.05, 3.63) is 59.1 Å². The largest absolute Gasteiger partial charge is 0.325 e. The highest BCUT2D eigenvalue weighted by Gasteiger charge is 2.15. The van der Waals surface area contributed by atoms with E-state index in [9.17, 15) is 4.79 Å². The van der Waals surface area contributed by atoms with Gasteiger partial charge in [0, 0.05) is 15.6 Å². The molecule has 0 radical (unpaired) electrons. The summed E-state index contributed by atoms with van der Waals surface area (Å²) in [5.74, 6) is -0.000694. The molecule has 0 bridgehead atoms. The Morgan fingerprint density at radius 1 is 1.15 bits per heavy atom. The fraction of sp³-hybridized carbons (Fsp3) is 0.188. The summed E-state index contributed by atoms with van der Waals surface area (Å²) in [7, 11) is 0. The molecule has 4 heteroatoms. The zero-order valence-electron chi connectivity index (χ0n) is 11.4. The van der Waals surface area contributed by atoms with Gasteiger partial charge in [0.15, 0.2) is 0 Å². The van der Waals surface area contributed by atoms with Gasteiger partial charge in [-0.25, -0.2) is 0 Å². The lowest BCUT2D eigenvalue weighted by atomic mass is 10.2. The van der Waals surface area contributed by atoms with Gasteiger partial charge in [-0.2, -0.15) is 0 Å². The summed E-state index contributed by atoms with van der Waals surface area (Å²) in [4.78, 5) is 13.2. The van der Waals surface area contributed by atoms with Gasteiger partial charge in [0.1, 0.15) is 0 Å². The highest BCUT2D eigenvalue weighted by molar-refractivity contribution is 8.00. The standard InChI is InChI=1S/C16H16ClNOS/c1-11-5-3-4-6-15(11)18-16(19)12(2)20-14-9-7-13(17)8-10-14/h3-10,12H,1-2H3,(H,18,19)/t12-/m0/s1. The molecule has 0 saturated heterocycles. The molecule has 2 aromatic rings. The second-order valence-corrected chi connectivity index (χ2v) is 6.37. The van der Waals surface area contributed by atoms with Crippen LogP contribution >= 0.6 is 23.4 Å². The fourth-order valence-corrected chi connectivity index (χ4v) is 2.71. The van der Waals surface area contributed by atoms with Crippen molar-refractivity contribution in [1.82, 2.24) is 0 Å². The van der Waals surface area contributed by atoms with E-state index in [1.165, 1.54) is 11.8 Å². The van der Waals surface area contributed by atoms with Crippen molar-refractivity contribution in [2.24, 2.45) is 0 Å². The minimum atomic E-state index is -0.171. The van der Waals surface area contributed by atoms with Gasteiger partial charge in [-0.3, -0.25) is 4.79 Å². The maximum absolute atomic E-state index is 12.2. The molecular formula is C16H16ClNOS. The first-order valence-electron chi connectivity index (χ1n) is 6.35. The number of benzene rings is 2. The zero-order valence-corrected chi connectivity index (χ0v) is 13.0. The van der Waals surface area contributed by atoms with E-state index in [0.717, 1.165) is 16.1 Å². The Bertz CT molecular complexity index is 598. The number of hydrogen-bond donors (Lipinski definition) is 1. The van der Waals surface area contributed by atoms with Crippen molar-refractivity contribution < 1.29 is 4.79 Å². The molecule has 0 aliphatic carbocycles. The van der Waals surface area contributed by atoms with Crippen molar-refractivity contribution in [3.63, 3.8) is 0 Å². The van der Waals surface area contributed by atoms with E-state index in [1.807, 2.05) is 62.4 Å². The molecule has 0 aliphatic heterocycles. The first-order chi connectivity index (χ1) is 9.56. The number of para-hydroxylation sites is 1.